The van der Waals surface area contributed by atoms with Gasteiger partial charge in [-0.3, -0.25) is 9.69 Å². The average Bonchev–Trinajstić information content (AvgIpc) is 3.21. The van der Waals surface area contributed by atoms with Crippen LogP contribution in [0, 0.1) is 5.92 Å². The monoisotopic (exact) mass is 495 g/mol. The standard InChI is InChI=1S/C27H30ClN3O4/c1-16-9-10-21-22(30(16)27(34)35-2)11-12-23-25(21)29-24(14-17-5-3-7-19(28)13-17)31(23)20-8-4-6-18(15-20)26(32)33/h3,5,7,11-13,16,18,20H,4,6,8-10,14-15H2,1-2H3,(H,32,33)/t16-,18+,20+/m0/s1. The molecule has 2 aromatic carbocycles. The van der Waals surface area contributed by atoms with Gasteiger partial charge in [-0.05, 0) is 68.9 Å². The molecule has 1 fully saturated rings. The average molecular weight is 496 g/mol. The second-order valence-electron chi connectivity index (χ2n) is 9.72. The highest BCUT2D eigenvalue weighted by molar-refractivity contribution is 6.30. The van der Waals surface area contributed by atoms with Gasteiger partial charge in [0.25, 0.3) is 0 Å². The highest BCUT2D eigenvalue weighted by Gasteiger charge is 2.34. The van der Waals surface area contributed by atoms with Crippen molar-refractivity contribution in [3.05, 3.63) is 58.4 Å². The van der Waals surface area contributed by atoms with Gasteiger partial charge in [0.15, 0.2) is 0 Å². The van der Waals surface area contributed by atoms with Crippen molar-refractivity contribution >= 4 is 40.4 Å². The van der Waals surface area contributed by atoms with Crippen LogP contribution in [0.4, 0.5) is 10.5 Å². The van der Waals surface area contributed by atoms with Gasteiger partial charge < -0.3 is 14.4 Å². The molecule has 0 spiro atoms. The summed E-state index contributed by atoms with van der Waals surface area (Å²) in [6.07, 6.45) is 4.95. The molecule has 0 saturated heterocycles. The minimum absolute atomic E-state index is 0.0371. The zero-order valence-electron chi connectivity index (χ0n) is 20.0. The first-order chi connectivity index (χ1) is 16.9. The molecule has 1 amide bonds. The normalized spacial score (nSPS) is 22.1. The van der Waals surface area contributed by atoms with Crippen LogP contribution in [-0.4, -0.2) is 39.9 Å². The molecule has 1 saturated carbocycles. The fraction of sp³-hybridized carbons (Fsp3) is 0.444. The Morgan fingerprint density at radius 3 is 2.77 bits per heavy atom. The number of carboxylic acid groups (broad SMARTS) is 1. The number of hydrogen-bond acceptors (Lipinski definition) is 4. The van der Waals surface area contributed by atoms with Gasteiger partial charge in [0, 0.05) is 29.1 Å². The number of aryl methyl sites for hydroxylation is 1. The molecule has 7 nitrogen and oxygen atoms in total. The van der Waals surface area contributed by atoms with Crippen LogP contribution >= 0.6 is 11.6 Å². The molecule has 35 heavy (non-hydrogen) atoms. The molecule has 2 aliphatic rings. The van der Waals surface area contributed by atoms with E-state index in [1.807, 2.05) is 43.3 Å². The quantitative estimate of drug-likeness (QED) is 0.479. The Morgan fingerprint density at radius 2 is 2.03 bits per heavy atom. The van der Waals surface area contributed by atoms with Gasteiger partial charge in [-0.25, -0.2) is 9.78 Å². The lowest BCUT2D eigenvalue weighted by Gasteiger charge is -2.34. The molecular formula is C27H30ClN3O4. The van der Waals surface area contributed by atoms with E-state index >= 15 is 0 Å². The van der Waals surface area contributed by atoms with E-state index < -0.39 is 5.97 Å². The van der Waals surface area contributed by atoms with Crippen molar-refractivity contribution in [3.8, 4) is 0 Å². The van der Waals surface area contributed by atoms with Crippen LogP contribution in [0.5, 0.6) is 0 Å². The fourth-order valence-corrected chi connectivity index (χ4v) is 6.02. The molecule has 2 heterocycles. The van der Waals surface area contributed by atoms with Crippen LogP contribution in [0.15, 0.2) is 36.4 Å². The number of rotatable bonds is 4. The van der Waals surface area contributed by atoms with Gasteiger partial charge in [0.05, 0.1) is 29.7 Å². The number of carbonyl (C=O) groups excluding carboxylic acids is 1. The third-order valence-corrected chi connectivity index (χ3v) is 7.75. The molecule has 3 aromatic rings. The molecule has 1 aliphatic carbocycles. The Kier molecular flexibility index (Phi) is 6.45. The first-order valence-electron chi connectivity index (χ1n) is 12.2. The zero-order chi connectivity index (χ0) is 24.7. The van der Waals surface area contributed by atoms with Crippen molar-refractivity contribution in [2.45, 2.75) is 64.0 Å². The predicted octanol–water partition coefficient (Wildman–Crippen LogP) is 6.00. The summed E-state index contributed by atoms with van der Waals surface area (Å²) in [5.41, 5.74) is 4.82. The molecule has 1 N–H and O–H groups in total. The van der Waals surface area contributed by atoms with Crippen molar-refractivity contribution in [1.29, 1.82) is 0 Å². The summed E-state index contributed by atoms with van der Waals surface area (Å²) in [4.78, 5) is 31.2. The molecule has 0 unspecified atom stereocenters. The first-order valence-corrected chi connectivity index (χ1v) is 12.6. The highest BCUT2D eigenvalue weighted by atomic mass is 35.5. The van der Waals surface area contributed by atoms with E-state index in [0.717, 1.165) is 59.4 Å². The van der Waals surface area contributed by atoms with E-state index in [4.69, 9.17) is 21.3 Å². The lowest BCUT2D eigenvalue weighted by molar-refractivity contribution is -0.143. The maximum Gasteiger partial charge on any atom is 0.414 e. The fourth-order valence-electron chi connectivity index (χ4n) is 5.81. The third-order valence-electron chi connectivity index (χ3n) is 7.51. The lowest BCUT2D eigenvalue weighted by Crippen LogP contribution is -2.42. The molecule has 8 heteroatoms. The Balaban J connectivity index is 1.66. The smallest absolute Gasteiger partial charge is 0.414 e. The maximum absolute atomic E-state index is 12.6. The van der Waals surface area contributed by atoms with Crippen LogP contribution in [-0.2, 0) is 22.4 Å². The van der Waals surface area contributed by atoms with E-state index in [9.17, 15) is 14.7 Å². The van der Waals surface area contributed by atoms with Crippen LogP contribution < -0.4 is 4.90 Å². The van der Waals surface area contributed by atoms with E-state index in [1.165, 1.54) is 7.11 Å². The molecule has 0 bridgehead atoms. The highest BCUT2D eigenvalue weighted by Crippen LogP contribution is 2.41. The van der Waals surface area contributed by atoms with Gasteiger partial charge in [-0.15, -0.1) is 0 Å². The topological polar surface area (TPSA) is 84.7 Å². The third kappa shape index (κ3) is 4.38. The Hall–Kier alpha value is -3.06. The van der Waals surface area contributed by atoms with E-state index in [0.29, 0.717) is 24.3 Å². The SMILES string of the molecule is COC(=O)N1c2ccc3c(nc(Cc4cccc(Cl)c4)n3[C@@H]3CCC[C@@H](C(=O)O)C3)c2CC[C@@H]1C. The number of fused-ring (bicyclic) bond motifs is 3. The van der Waals surface area contributed by atoms with Crippen LogP contribution in [0.2, 0.25) is 5.02 Å². The predicted molar refractivity (Wildman–Crippen MR) is 135 cm³/mol. The number of carboxylic acids is 1. The summed E-state index contributed by atoms with van der Waals surface area (Å²) in [5, 5.41) is 10.4. The van der Waals surface area contributed by atoms with Gasteiger partial charge in [0.2, 0.25) is 0 Å². The number of halogens is 1. The van der Waals surface area contributed by atoms with Gasteiger partial charge >= 0.3 is 12.1 Å². The van der Waals surface area contributed by atoms with E-state index in [2.05, 4.69) is 4.57 Å². The second kappa shape index (κ2) is 9.53. The summed E-state index contributed by atoms with van der Waals surface area (Å²) in [6, 6.07) is 11.9. The van der Waals surface area contributed by atoms with Crippen LogP contribution in [0.25, 0.3) is 11.0 Å². The number of ether oxygens (including phenoxy) is 1. The Labute approximate surface area is 209 Å². The van der Waals surface area contributed by atoms with E-state index in [-0.39, 0.29) is 24.1 Å². The molecule has 0 radical (unpaired) electrons. The number of imidazole rings is 1. The van der Waals surface area contributed by atoms with Gasteiger partial charge in [0.1, 0.15) is 5.82 Å². The summed E-state index contributed by atoms with van der Waals surface area (Å²) in [6.45, 7) is 2.03. The number of amides is 1. The molecule has 1 aliphatic heterocycles. The number of nitrogens with zero attached hydrogens (tertiary/aromatic N) is 3. The van der Waals surface area contributed by atoms with Crippen molar-refractivity contribution < 1.29 is 19.4 Å². The molecule has 184 valence electrons. The lowest BCUT2D eigenvalue weighted by atomic mass is 9.85. The second-order valence-corrected chi connectivity index (χ2v) is 10.2. The summed E-state index contributed by atoms with van der Waals surface area (Å²) < 4.78 is 7.33. The molecule has 1 aromatic heterocycles. The van der Waals surface area contributed by atoms with E-state index in [1.54, 1.807) is 4.90 Å². The number of hydrogen-bond donors (Lipinski definition) is 1. The van der Waals surface area contributed by atoms with Crippen molar-refractivity contribution in [3.63, 3.8) is 0 Å². The molecule has 3 atom stereocenters. The van der Waals surface area contributed by atoms with Crippen molar-refractivity contribution in [1.82, 2.24) is 9.55 Å². The minimum atomic E-state index is -0.726. The summed E-state index contributed by atoms with van der Waals surface area (Å²) in [7, 11) is 1.40. The summed E-state index contributed by atoms with van der Waals surface area (Å²) in [5.74, 6) is -0.177. The number of carbonyl (C=O) groups is 2. The largest absolute Gasteiger partial charge is 0.481 e. The molecular weight excluding hydrogens is 466 g/mol. The Bertz CT molecular complexity index is 1290. The number of anilines is 1. The van der Waals surface area contributed by atoms with Gasteiger partial charge in [-0.1, -0.05) is 30.2 Å². The van der Waals surface area contributed by atoms with Crippen LogP contribution in [0.1, 0.15) is 62.0 Å². The first kappa shape index (κ1) is 23.7. The van der Waals surface area contributed by atoms with Crippen LogP contribution in [0.3, 0.4) is 0 Å². The summed E-state index contributed by atoms with van der Waals surface area (Å²) >= 11 is 6.26. The number of methoxy groups -OCH3 is 1. The van der Waals surface area contributed by atoms with Gasteiger partial charge in [-0.2, -0.15) is 0 Å². The number of benzene rings is 2. The molecule has 5 rings (SSSR count). The Morgan fingerprint density at radius 1 is 1.20 bits per heavy atom. The number of aliphatic carboxylic acids is 1. The maximum atomic E-state index is 12.6. The minimum Gasteiger partial charge on any atom is -0.481 e. The van der Waals surface area contributed by atoms with Crippen molar-refractivity contribution in [2.24, 2.45) is 5.92 Å². The zero-order valence-corrected chi connectivity index (χ0v) is 20.8. The number of aromatic nitrogens is 2. The van der Waals surface area contributed by atoms with Crippen molar-refractivity contribution in [2.75, 3.05) is 12.0 Å².